The molecule has 0 N–H and O–H groups in total. The Morgan fingerprint density at radius 3 is 2.27 bits per heavy atom. The molecule has 0 fully saturated rings. The normalized spacial score (nSPS) is 10.7. The summed E-state index contributed by atoms with van der Waals surface area (Å²) in [7, 11) is 3.04. The molecule has 0 unspecified atom stereocenters. The maximum atomic E-state index is 12.8. The van der Waals surface area contributed by atoms with Gasteiger partial charge in [-0.05, 0) is 51.8 Å². The van der Waals surface area contributed by atoms with Crippen molar-refractivity contribution in [2.75, 3.05) is 14.2 Å². The van der Waals surface area contributed by atoms with Crippen molar-refractivity contribution in [3.63, 3.8) is 0 Å². The van der Waals surface area contributed by atoms with Gasteiger partial charge in [-0.25, -0.2) is 4.39 Å². The Labute approximate surface area is 136 Å². The van der Waals surface area contributed by atoms with Gasteiger partial charge in [-0.15, -0.1) is 0 Å². The molecule has 22 heavy (non-hydrogen) atoms. The molecule has 0 radical (unpaired) electrons. The molecule has 2 aromatic carbocycles. The second-order valence-electron chi connectivity index (χ2n) is 4.44. The summed E-state index contributed by atoms with van der Waals surface area (Å²) in [6.07, 6.45) is 3.06. The number of allylic oxidation sites excluding steroid dienone is 1. The molecule has 2 aromatic rings. The molecule has 2 rings (SSSR count). The van der Waals surface area contributed by atoms with E-state index in [1.54, 1.807) is 30.3 Å². The summed E-state index contributed by atoms with van der Waals surface area (Å²) < 4.78 is 23.8. The molecule has 0 spiro atoms. The average molecular weight is 365 g/mol. The van der Waals surface area contributed by atoms with Crippen molar-refractivity contribution in [3.05, 3.63) is 63.9 Å². The lowest BCUT2D eigenvalue weighted by Gasteiger charge is -2.10. The van der Waals surface area contributed by atoms with E-state index in [-0.39, 0.29) is 11.6 Å². The molecule has 0 aliphatic heterocycles. The Balaban J connectivity index is 2.27. The van der Waals surface area contributed by atoms with E-state index in [2.05, 4.69) is 15.9 Å². The molecule has 3 nitrogen and oxygen atoms in total. The van der Waals surface area contributed by atoms with Crippen LogP contribution >= 0.6 is 15.9 Å². The fraction of sp³-hybridized carbons (Fsp3) is 0.118. The van der Waals surface area contributed by atoms with E-state index >= 15 is 0 Å². The van der Waals surface area contributed by atoms with Crippen LogP contribution in [-0.2, 0) is 0 Å². The van der Waals surface area contributed by atoms with Crippen LogP contribution in [0.5, 0.6) is 11.5 Å². The zero-order chi connectivity index (χ0) is 16.1. The van der Waals surface area contributed by atoms with Gasteiger partial charge in [0, 0.05) is 10.0 Å². The van der Waals surface area contributed by atoms with Crippen LogP contribution in [0.2, 0.25) is 0 Å². The molecule has 0 atom stereocenters. The summed E-state index contributed by atoms with van der Waals surface area (Å²) in [5, 5.41) is 0. The van der Waals surface area contributed by atoms with E-state index < -0.39 is 0 Å². The highest BCUT2D eigenvalue weighted by Gasteiger charge is 2.13. The van der Waals surface area contributed by atoms with Crippen LogP contribution in [0.15, 0.2) is 46.9 Å². The molecular weight excluding hydrogens is 351 g/mol. The number of carbonyl (C=O) groups is 1. The first-order chi connectivity index (χ1) is 10.5. The number of halogens is 2. The molecule has 0 bridgehead atoms. The third kappa shape index (κ3) is 3.74. The highest BCUT2D eigenvalue weighted by atomic mass is 79.9. The second kappa shape index (κ2) is 7.22. The Morgan fingerprint density at radius 1 is 1.09 bits per heavy atom. The van der Waals surface area contributed by atoms with Gasteiger partial charge >= 0.3 is 0 Å². The van der Waals surface area contributed by atoms with Crippen LogP contribution in [0.3, 0.4) is 0 Å². The van der Waals surface area contributed by atoms with Crippen LogP contribution in [0, 0.1) is 5.82 Å². The monoisotopic (exact) mass is 364 g/mol. The summed E-state index contributed by atoms with van der Waals surface area (Å²) in [6.45, 7) is 0. The molecular formula is C17H14BrFO3. The highest BCUT2D eigenvalue weighted by Crippen LogP contribution is 2.33. The van der Waals surface area contributed by atoms with E-state index in [1.807, 2.05) is 0 Å². The minimum atomic E-state index is -0.314. The van der Waals surface area contributed by atoms with Gasteiger partial charge in [0.05, 0.1) is 14.2 Å². The molecule has 0 aliphatic rings. The summed E-state index contributed by atoms with van der Waals surface area (Å²) in [4.78, 5) is 12.3. The lowest BCUT2D eigenvalue weighted by atomic mass is 10.1. The molecule has 0 heterocycles. The van der Waals surface area contributed by atoms with Crippen LogP contribution in [-0.4, -0.2) is 20.0 Å². The van der Waals surface area contributed by atoms with Crippen molar-refractivity contribution < 1.29 is 18.7 Å². The number of ketones is 1. The SMILES string of the molecule is COc1cc(Br)c(C(=O)C=Cc2ccc(F)cc2)cc1OC. The van der Waals surface area contributed by atoms with E-state index in [0.717, 1.165) is 5.56 Å². The van der Waals surface area contributed by atoms with Crippen molar-refractivity contribution >= 4 is 27.8 Å². The minimum Gasteiger partial charge on any atom is -0.493 e. The number of benzene rings is 2. The van der Waals surface area contributed by atoms with Crippen LogP contribution in [0.1, 0.15) is 15.9 Å². The van der Waals surface area contributed by atoms with Gasteiger partial charge in [0.1, 0.15) is 5.82 Å². The summed E-state index contributed by atoms with van der Waals surface area (Å²) in [5.41, 5.74) is 1.20. The Kier molecular flexibility index (Phi) is 5.33. The van der Waals surface area contributed by atoms with Gasteiger partial charge in [0.25, 0.3) is 0 Å². The second-order valence-corrected chi connectivity index (χ2v) is 5.29. The van der Waals surface area contributed by atoms with E-state index in [1.165, 1.54) is 32.4 Å². The molecule has 114 valence electrons. The Morgan fingerprint density at radius 2 is 1.68 bits per heavy atom. The van der Waals surface area contributed by atoms with Gasteiger partial charge in [0.15, 0.2) is 17.3 Å². The number of methoxy groups -OCH3 is 2. The van der Waals surface area contributed by atoms with Gasteiger partial charge in [0.2, 0.25) is 0 Å². The number of carbonyl (C=O) groups excluding carboxylic acids is 1. The molecule has 5 heteroatoms. The first kappa shape index (κ1) is 16.2. The third-order valence-electron chi connectivity index (χ3n) is 3.04. The van der Waals surface area contributed by atoms with Crippen molar-refractivity contribution in [2.45, 2.75) is 0 Å². The fourth-order valence-electron chi connectivity index (χ4n) is 1.88. The lowest BCUT2D eigenvalue weighted by molar-refractivity contribution is 0.104. The lowest BCUT2D eigenvalue weighted by Crippen LogP contribution is -1.99. The van der Waals surface area contributed by atoms with E-state index in [0.29, 0.717) is 21.5 Å². The third-order valence-corrected chi connectivity index (χ3v) is 3.69. The van der Waals surface area contributed by atoms with Crippen molar-refractivity contribution in [3.8, 4) is 11.5 Å². The first-order valence-electron chi connectivity index (χ1n) is 6.44. The molecule has 0 aliphatic carbocycles. The zero-order valence-electron chi connectivity index (χ0n) is 12.1. The number of hydrogen-bond acceptors (Lipinski definition) is 3. The van der Waals surface area contributed by atoms with Crippen molar-refractivity contribution in [1.82, 2.24) is 0 Å². The summed E-state index contributed by atoms with van der Waals surface area (Å²) in [6, 6.07) is 9.18. The molecule has 0 amide bonds. The van der Waals surface area contributed by atoms with Crippen LogP contribution in [0.25, 0.3) is 6.08 Å². The van der Waals surface area contributed by atoms with Crippen molar-refractivity contribution in [1.29, 1.82) is 0 Å². The molecule has 0 saturated heterocycles. The maximum Gasteiger partial charge on any atom is 0.187 e. The van der Waals surface area contributed by atoms with Crippen LogP contribution in [0.4, 0.5) is 4.39 Å². The van der Waals surface area contributed by atoms with Gasteiger partial charge in [-0.3, -0.25) is 4.79 Å². The summed E-state index contributed by atoms with van der Waals surface area (Å²) >= 11 is 3.35. The smallest absolute Gasteiger partial charge is 0.187 e. The number of rotatable bonds is 5. The number of hydrogen-bond donors (Lipinski definition) is 0. The predicted molar refractivity (Wildman–Crippen MR) is 87.0 cm³/mol. The van der Waals surface area contributed by atoms with Crippen molar-refractivity contribution in [2.24, 2.45) is 0 Å². The standard InChI is InChI=1S/C17H14BrFO3/c1-21-16-9-13(14(18)10-17(16)22-2)15(20)8-5-11-3-6-12(19)7-4-11/h3-10H,1-2H3. The minimum absolute atomic E-state index is 0.197. The predicted octanol–water partition coefficient (Wildman–Crippen LogP) is 4.50. The number of ether oxygens (including phenoxy) is 2. The quantitative estimate of drug-likeness (QED) is 0.578. The van der Waals surface area contributed by atoms with Gasteiger partial charge < -0.3 is 9.47 Å². The average Bonchev–Trinajstić information content (AvgIpc) is 2.53. The van der Waals surface area contributed by atoms with Gasteiger partial charge in [-0.2, -0.15) is 0 Å². The molecule has 0 aromatic heterocycles. The molecule has 0 saturated carbocycles. The zero-order valence-corrected chi connectivity index (χ0v) is 13.7. The topological polar surface area (TPSA) is 35.5 Å². The van der Waals surface area contributed by atoms with Gasteiger partial charge in [-0.1, -0.05) is 18.2 Å². The summed E-state index contributed by atoms with van der Waals surface area (Å²) in [5.74, 6) is 0.501. The highest BCUT2D eigenvalue weighted by molar-refractivity contribution is 9.10. The van der Waals surface area contributed by atoms with E-state index in [4.69, 9.17) is 9.47 Å². The Hall–Kier alpha value is -2.14. The van der Waals surface area contributed by atoms with E-state index in [9.17, 15) is 9.18 Å². The largest absolute Gasteiger partial charge is 0.493 e. The van der Waals surface area contributed by atoms with Crippen LogP contribution < -0.4 is 9.47 Å². The maximum absolute atomic E-state index is 12.8. The Bertz CT molecular complexity index is 709. The first-order valence-corrected chi connectivity index (χ1v) is 7.24. The fourth-order valence-corrected chi connectivity index (χ4v) is 2.40.